The van der Waals surface area contributed by atoms with Crippen LogP contribution in [0.25, 0.3) is 10.9 Å². The molecule has 0 saturated carbocycles. The van der Waals surface area contributed by atoms with E-state index < -0.39 is 11.8 Å². The SMILES string of the molecule is Cc1ccc2ccc(C[N+]3=CC4C(=NCc5c(Cl)ccc(C)c5F)NC(=O)NC4=N3)nc2c1. The van der Waals surface area contributed by atoms with Crippen LogP contribution >= 0.6 is 11.6 Å². The highest BCUT2D eigenvalue weighted by atomic mass is 35.5. The van der Waals surface area contributed by atoms with Gasteiger partial charge in [0.25, 0.3) is 0 Å². The number of fused-ring (bicyclic) bond motifs is 2. The van der Waals surface area contributed by atoms with Crippen LogP contribution in [0.2, 0.25) is 5.02 Å². The Balaban J connectivity index is 1.41. The number of aryl methyl sites for hydroxylation is 2. The molecule has 1 fully saturated rings. The van der Waals surface area contributed by atoms with Crippen molar-refractivity contribution < 1.29 is 13.9 Å². The van der Waals surface area contributed by atoms with Gasteiger partial charge in [-0.2, -0.15) is 0 Å². The number of carbonyl (C=O) groups is 1. The molecule has 1 atom stereocenters. The quantitative estimate of drug-likeness (QED) is 0.571. The van der Waals surface area contributed by atoms with E-state index in [1.165, 1.54) is 0 Å². The van der Waals surface area contributed by atoms with Gasteiger partial charge in [0.2, 0.25) is 6.54 Å². The third-order valence-corrected chi connectivity index (χ3v) is 6.00. The van der Waals surface area contributed by atoms with Crippen LogP contribution in [-0.4, -0.2) is 33.6 Å². The third-order valence-electron chi connectivity index (χ3n) is 5.65. The zero-order valence-corrected chi connectivity index (χ0v) is 18.8. The van der Waals surface area contributed by atoms with Gasteiger partial charge in [0.05, 0.1) is 12.1 Å². The van der Waals surface area contributed by atoms with Gasteiger partial charge < -0.3 is 0 Å². The smallest absolute Gasteiger partial charge is 0.295 e. The zero-order chi connectivity index (χ0) is 23.1. The van der Waals surface area contributed by atoms with Crippen LogP contribution in [0.5, 0.6) is 0 Å². The topological polar surface area (TPSA) is 81.8 Å². The first-order valence-corrected chi connectivity index (χ1v) is 10.9. The molecule has 2 N–H and O–H groups in total. The van der Waals surface area contributed by atoms with Gasteiger partial charge in [-0.25, -0.2) is 14.2 Å². The largest absolute Gasteiger partial charge is 0.325 e. The molecule has 9 heteroatoms. The summed E-state index contributed by atoms with van der Waals surface area (Å²) in [6.45, 7) is 4.14. The first kappa shape index (κ1) is 21.2. The number of urea groups is 1. The molecule has 1 saturated heterocycles. The Morgan fingerprint density at radius 1 is 1.15 bits per heavy atom. The number of amidine groups is 2. The molecule has 0 aliphatic carbocycles. The van der Waals surface area contributed by atoms with Gasteiger partial charge in [0.15, 0.2) is 18.0 Å². The summed E-state index contributed by atoms with van der Waals surface area (Å²) in [7, 11) is 0. The number of nitrogens with zero attached hydrogens (tertiary/aromatic N) is 4. The predicted octanol–water partition coefficient (Wildman–Crippen LogP) is 4.08. The molecule has 3 heterocycles. The summed E-state index contributed by atoms with van der Waals surface area (Å²) in [5.74, 6) is 0.0803. The molecule has 0 radical (unpaired) electrons. The van der Waals surface area contributed by atoms with Crippen LogP contribution in [0.1, 0.15) is 22.4 Å². The third kappa shape index (κ3) is 4.21. The number of carbonyl (C=O) groups excluding carboxylic acids is 1. The number of nitrogens with one attached hydrogen (secondary N) is 2. The van der Waals surface area contributed by atoms with Crippen molar-refractivity contribution in [2.75, 3.05) is 0 Å². The molecule has 2 aliphatic rings. The number of hydrazone groups is 1. The van der Waals surface area contributed by atoms with E-state index in [0.29, 0.717) is 34.4 Å². The molecule has 2 aromatic carbocycles. The van der Waals surface area contributed by atoms with E-state index in [4.69, 9.17) is 16.6 Å². The van der Waals surface area contributed by atoms with E-state index in [0.717, 1.165) is 22.2 Å². The summed E-state index contributed by atoms with van der Waals surface area (Å²) in [5.41, 5.74) is 3.69. The first-order chi connectivity index (χ1) is 15.9. The molecule has 0 bridgehead atoms. The van der Waals surface area contributed by atoms with E-state index in [-0.39, 0.29) is 12.5 Å². The van der Waals surface area contributed by atoms with Crippen LogP contribution in [0.4, 0.5) is 9.18 Å². The molecule has 1 unspecified atom stereocenters. The van der Waals surface area contributed by atoms with Crippen molar-refractivity contribution in [2.45, 2.75) is 26.9 Å². The molecular weight excluding hydrogens is 443 g/mol. The van der Waals surface area contributed by atoms with E-state index in [1.54, 1.807) is 23.7 Å². The fourth-order valence-corrected chi connectivity index (χ4v) is 4.10. The first-order valence-electron chi connectivity index (χ1n) is 10.5. The Morgan fingerprint density at radius 2 is 1.97 bits per heavy atom. The Bertz CT molecular complexity index is 1400. The fraction of sp³-hybridized carbons (Fsp3) is 0.208. The fourth-order valence-electron chi connectivity index (χ4n) is 3.89. The summed E-state index contributed by atoms with van der Waals surface area (Å²) >= 11 is 6.17. The lowest BCUT2D eigenvalue weighted by atomic mass is 10.1. The maximum Gasteiger partial charge on any atom is 0.325 e. The van der Waals surface area contributed by atoms with Gasteiger partial charge in [0, 0.05) is 21.1 Å². The highest BCUT2D eigenvalue weighted by Gasteiger charge is 2.38. The Kier molecular flexibility index (Phi) is 5.38. The molecule has 5 rings (SSSR count). The normalized spacial score (nSPS) is 18.6. The van der Waals surface area contributed by atoms with Crippen LogP contribution in [0.15, 0.2) is 52.6 Å². The minimum absolute atomic E-state index is 0.00512. The lowest BCUT2D eigenvalue weighted by Crippen LogP contribution is -2.55. The van der Waals surface area contributed by atoms with Gasteiger partial charge in [-0.3, -0.25) is 15.6 Å². The Labute approximate surface area is 194 Å². The summed E-state index contributed by atoms with van der Waals surface area (Å²) in [4.78, 5) is 21.3. The van der Waals surface area contributed by atoms with E-state index in [9.17, 15) is 9.18 Å². The molecule has 1 aromatic heterocycles. The van der Waals surface area contributed by atoms with Crippen molar-refractivity contribution in [3.05, 3.63) is 75.7 Å². The monoisotopic (exact) mass is 463 g/mol. The molecule has 2 amide bonds. The second kappa shape index (κ2) is 8.37. The standard InChI is InChI=1S/C24H20ClFN6O/c1-13-3-5-15-6-7-16(28-20(15)9-13)11-32-12-18-22(29-24(33)30-23(18)31-32)27-10-17-19(25)8-4-14(2)21(17)26/h3-9,12,18H,10-11H2,1-2H3,(H-,27,29,30,31,33)/p+1. The number of aromatic nitrogens is 1. The number of hydrogen-bond donors (Lipinski definition) is 2. The zero-order valence-electron chi connectivity index (χ0n) is 18.1. The Morgan fingerprint density at radius 3 is 2.82 bits per heavy atom. The number of benzene rings is 2. The van der Waals surface area contributed by atoms with Crippen molar-refractivity contribution in [3.63, 3.8) is 0 Å². The van der Waals surface area contributed by atoms with Crippen molar-refractivity contribution in [1.82, 2.24) is 15.6 Å². The summed E-state index contributed by atoms with van der Waals surface area (Å²) in [6.07, 6.45) is 1.86. The molecular formula is C24H21ClFN6O+. The molecule has 166 valence electrons. The number of pyridine rings is 1. The second-order valence-electron chi connectivity index (χ2n) is 8.15. The Hall–Kier alpha value is -3.65. The lowest BCUT2D eigenvalue weighted by Gasteiger charge is -2.19. The number of hydrogen-bond acceptors (Lipinski definition) is 4. The van der Waals surface area contributed by atoms with Crippen molar-refractivity contribution in [3.8, 4) is 0 Å². The highest BCUT2D eigenvalue weighted by molar-refractivity contribution is 6.31. The number of aliphatic imine (C=N–C) groups is 1. The van der Waals surface area contributed by atoms with Gasteiger partial charge in [-0.15, -0.1) is 0 Å². The van der Waals surface area contributed by atoms with Crippen molar-refractivity contribution >= 4 is 46.4 Å². The highest BCUT2D eigenvalue weighted by Crippen LogP contribution is 2.23. The lowest BCUT2D eigenvalue weighted by molar-refractivity contribution is -0.543. The maximum atomic E-state index is 14.5. The van der Waals surface area contributed by atoms with Gasteiger partial charge >= 0.3 is 6.03 Å². The molecule has 2 aliphatic heterocycles. The summed E-state index contributed by atoms with van der Waals surface area (Å²) in [5, 5.41) is 11.3. The molecule has 0 spiro atoms. The summed E-state index contributed by atoms with van der Waals surface area (Å²) < 4.78 is 16.2. The second-order valence-corrected chi connectivity index (χ2v) is 8.55. The van der Waals surface area contributed by atoms with Crippen LogP contribution < -0.4 is 10.6 Å². The predicted molar refractivity (Wildman–Crippen MR) is 126 cm³/mol. The van der Waals surface area contributed by atoms with Gasteiger partial charge in [-0.05, 0) is 43.2 Å². The van der Waals surface area contributed by atoms with Crippen LogP contribution in [0, 0.1) is 25.6 Å². The molecule has 3 aromatic rings. The summed E-state index contributed by atoms with van der Waals surface area (Å²) in [6, 6.07) is 13.0. The molecule has 7 nitrogen and oxygen atoms in total. The van der Waals surface area contributed by atoms with Gasteiger partial charge in [-0.1, -0.05) is 40.6 Å². The molecule has 33 heavy (non-hydrogen) atoms. The number of rotatable bonds is 4. The van der Waals surface area contributed by atoms with Gasteiger partial charge in [0.1, 0.15) is 17.3 Å². The van der Waals surface area contributed by atoms with Crippen molar-refractivity contribution in [1.29, 1.82) is 0 Å². The van der Waals surface area contributed by atoms with E-state index in [2.05, 4.69) is 26.8 Å². The van der Waals surface area contributed by atoms with Crippen molar-refractivity contribution in [2.24, 2.45) is 16.0 Å². The minimum atomic E-state index is -0.436. The van der Waals surface area contributed by atoms with Crippen LogP contribution in [-0.2, 0) is 13.1 Å². The van der Waals surface area contributed by atoms with E-state index >= 15 is 0 Å². The number of amides is 2. The van der Waals surface area contributed by atoms with E-state index in [1.807, 2.05) is 37.4 Å². The van der Waals surface area contributed by atoms with Crippen LogP contribution in [0.3, 0.4) is 0 Å². The minimum Gasteiger partial charge on any atom is -0.295 e. The number of halogens is 2. The maximum absolute atomic E-state index is 14.5. The average Bonchev–Trinajstić information content (AvgIpc) is 3.18. The average molecular weight is 464 g/mol.